The average Bonchev–Trinajstić information content (AvgIpc) is 2.96. The molecular weight excluding hydrogens is 323 g/mol. The standard InChI is InChI=1S/C18H21FN4O2/c19-15-5-3-14(4-6-15)17-11-16(24)12-23(17)13-18(25)22(9-1-7-20)10-2-8-21/h3-6,16-17,24H,1-2,9-13H2. The maximum atomic E-state index is 13.1. The van der Waals surface area contributed by atoms with Crippen LogP contribution in [0.4, 0.5) is 4.39 Å². The zero-order valence-electron chi connectivity index (χ0n) is 13.9. The van der Waals surface area contributed by atoms with Crippen LogP contribution in [0.3, 0.4) is 0 Å². The van der Waals surface area contributed by atoms with Crippen LogP contribution in [0.15, 0.2) is 24.3 Å². The highest BCUT2D eigenvalue weighted by Gasteiger charge is 2.34. The van der Waals surface area contributed by atoms with Crippen LogP contribution in [0.2, 0.25) is 0 Å². The second-order valence-corrected chi connectivity index (χ2v) is 6.08. The second kappa shape index (κ2) is 9.12. The number of likely N-dealkylation sites (tertiary alicyclic amines) is 1. The van der Waals surface area contributed by atoms with E-state index in [-0.39, 0.29) is 50.2 Å². The fourth-order valence-corrected chi connectivity index (χ4v) is 3.09. The molecule has 1 aromatic rings. The number of rotatable bonds is 7. The molecule has 0 spiro atoms. The van der Waals surface area contributed by atoms with Gasteiger partial charge in [-0.2, -0.15) is 10.5 Å². The number of carbonyl (C=O) groups is 1. The van der Waals surface area contributed by atoms with Crippen molar-refractivity contribution in [3.63, 3.8) is 0 Å². The monoisotopic (exact) mass is 344 g/mol. The first-order chi connectivity index (χ1) is 12.0. The normalized spacial score (nSPS) is 20.0. The van der Waals surface area contributed by atoms with Gasteiger partial charge in [0.15, 0.2) is 0 Å². The number of nitrogens with zero attached hydrogens (tertiary/aromatic N) is 4. The van der Waals surface area contributed by atoms with Crippen LogP contribution in [-0.4, -0.2) is 53.1 Å². The topological polar surface area (TPSA) is 91.4 Å². The summed E-state index contributed by atoms with van der Waals surface area (Å²) in [6, 6.07) is 9.91. The van der Waals surface area contributed by atoms with Crippen LogP contribution < -0.4 is 0 Å². The molecule has 1 saturated heterocycles. The summed E-state index contributed by atoms with van der Waals surface area (Å²) in [5, 5.41) is 27.4. The molecule has 1 aliphatic rings. The summed E-state index contributed by atoms with van der Waals surface area (Å²) in [5.74, 6) is -0.504. The Balaban J connectivity index is 2.06. The van der Waals surface area contributed by atoms with Crippen molar-refractivity contribution in [1.82, 2.24) is 9.80 Å². The van der Waals surface area contributed by atoms with E-state index >= 15 is 0 Å². The largest absolute Gasteiger partial charge is 0.392 e. The van der Waals surface area contributed by atoms with Crippen molar-refractivity contribution in [3.8, 4) is 12.1 Å². The number of hydrogen-bond acceptors (Lipinski definition) is 5. The Morgan fingerprint density at radius 1 is 1.24 bits per heavy atom. The van der Waals surface area contributed by atoms with Gasteiger partial charge >= 0.3 is 0 Å². The number of β-amino-alcohol motifs (C(OH)–C–C–N with tert-alkyl or cyclic N) is 1. The fourth-order valence-electron chi connectivity index (χ4n) is 3.09. The number of hydrogen-bond donors (Lipinski definition) is 1. The summed E-state index contributed by atoms with van der Waals surface area (Å²) in [6.07, 6.45) is 0.354. The molecule has 1 amide bonds. The van der Waals surface area contributed by atoms with Gasteiger partial charge in [0, 0.05) is 25.7 Å². The van der Waals surface area contributed by atoms with Crippen LogP contribution in [0.5, 0.6) is 0 Å². The van der Waals surface area contributed by atoms with E-state index in [1.807, 2.05) is 17.0 Å². The van der Waals surface area contributed by atoms with Gasteiger partial charge in [-0.3, -0.25) is 9.69 Å². The number of carbonyl (C=O) groups excluding carboxylic acids is 1. The molecule has 0 aromatic heterocycles. The number of benzene rings is 1. The molecular formula is C18H21FN4O2. The van der Waals surface area contributed by atoms with Crippen LogP contribution >= 0.6 is 0 Å². The highest BCUT2D eigenvalue weighted by Crippen LogP contribution is 2.32. The molecule has 1 aromatic carbocycles. The minimum atomic E-state index is -0.547. The smallest absolute Gasteiger partial charge is 0.236 e. The van der Waals surface area contributed by atoms with E-state index in [2.05, 4.69) is 0 Å². The third-order valence-corrected chi connectivity index (χ3v) is 4.31. The molecule has 1 heterocycles. The average molecular weight is 344 g/mol. The first-order valence-corrected chi connectivity index (χ1v) is 8.24. The first-order valence-electron chi connectivity index (χ1n) is 8.24. The van der Waals surface area contributed by atoms with E-state index < -0.39 is 6.10 Å². The van der Waals surface area contributed by atoms with Gasteiger partial charge < -0.3 is 10.0 Å². The van der Waals surface area contributed by atoms with Gasteiger partial charge in [0.05, 0.1) is 37.6 Å². The van der Waals surface area contributed by atoms with Gasteiger partial charge in [-0.25, -0.2) is 4.39 Å². The fraction of sp³-hybridized carbons (Fsp3) is 0.500. The van der Waals surface area contributed by atoms with Gasteiger partial charge in [0.1, 0.15) is 5.82 Å². The highest BCUT2D eigenvalue weighted by molar-refractivity contribution is 5.78. The third-order valence-electron chi connectivity index (χ3n) is 4.31. The second-order valence-electron chi connectivity index (χ2n) is 6.08. The predicted octanol–water partition coefficient (Wildman–Crippen LogP) is 1.59. The highest BCUT2D eigenvalue weighted by atomic mass is 19.1. The molecule has 1 fully saturated rings. The van der Waals surface area contributed by atoms with E-state index in [0.717, 1.165) is 5.56 Å². The molecule has 25 heavy (non-hydrogen) atoms. The Labute approximate surface area is 146 Å². The van der Waals surface area contributed by atoms with Gasteiger partial charge in [-0.15, -0.1) is 0 Å². The molecule has 0 aliphatic carbocycles. The zero-order chi connectivity index (χ0) is 18.2. The van der Waals surface area contributed by atoms with Gasteiger partial charge in [0.2, 0.25) is 5.91 Å². The molecule has 7 heteroatoms. The van der Waals surface area contributed by atoms with Crippen LogP contribution in [0, 0.1) is 28.5 Å². The number of amides is 1. The Morgan fingerprint density at radius 3 is 2.40 bits per heavy atom. The molecule has 132 valence electrons. The predicted molar refractivity (Wildman–Crippen MR) is 88.4 cm³/mol. The molecule has 0 radical (unpaired) electrons. The van der Waals surface area contributed by atoms with E-state index in [1.165, 1.54) is 17.0 Å². The van der Waals surface area contributed by atoms with Crippen molar-refractivity contribution in [2.75, 3.05) is 26.2 Å². The summed E-state index contributed by atoms with van der Waals surface area (Å²) in [4.78, 5) is 16.0. The SMILES string of the molecule is N#CCCN(CCC#N)C(=O)CN1CC(O)CC1c1ccc(F)cc1. The van der Waals surface area contributed by atoms with Gasteiger partial charge in [-0.05, 0) is 24.1 Å². The van der Waals surface area contributed by atoms with Crippen molar-refractivity contribution >= 4 is 5.91 Å². The van der Waals surface area contributed by atoms with E-state index in [9.17, 15) is 14.3 Å². The summed E-state index contributed by atoms with van der Waals surface area (Å²) < 4.78 is 13.1. The molecule has 6 nitrogen and oxygen atoms in total. The number of aliphatic hydroxyl groups is 1. The quantitative estimate of drug-likeness (QED) is 0.811. The lowest BCUT2D eigenvalue weighted by Gasteiger charge is -2.28. The van der Waals surface area contributed by atoms with Crippen molar-refractivity contribution < 1.29 is 14.3 Å². The van der Waals surface area contributed by atoms with Crippen molar-refractivity contribution in [2.24, 2.45) is 0 Å². The van der Waals surface area contributed by atoms with E-state index in [1.54, 1.807) is 12.1 Å². The molecule has 2 rings (SSSR count). The minimum Gasteiger partial charge on any atom is -0.392 e. The Bertz CT molecular complexity index is 647. The summed E-state index contributed by atoms with van der Waals surface area (Å²) in [5.41, 5.74) is 0.853. The number of nitriles is 2. The maximum Gasteiger partial charge on any atom is 0.236 e. The summed E-state index contributed by atoms with van der Waals surface area (Å²) in [7, 11) is 0. The lowest BCUT2D eigenvalue weighted by atomic mass is 10.0. The van der Waals surface area contributed by atoms with Crippen LogP contribution in [-0.2, 0) is 4.79 Å². The lowest BCUT2D eigenvalue weighted by Crippen LogP contribution is -2.41. The Hall–Kier alpha value is -2.48. The Kier molecular flexibility index (Phi) is 6.88. The zero-order valence-corrected chi connectivity index (χ0v) is 13.9. The summed E-state index contributed by atoms with van der Waals surface area (Å²) >= 11 is 0. The molecule has 2 unspecified atom stereocenters. The third kappa shape index (κ3) is 5.25. The van der Waals surface area contributed by atoms with Crippen LogP contribution in [0.1, 0.15) is 30.9 Å². The molecule has 1 aliphatic heterocycles. The van der Waals surface area contributed by atoms with Crippen molar-refractivity contribution in [3.05, 3.63) is 35.6 Å². The molecule has 2 atom stereocenters. The molecule has 0 bridgehead atoms. The molecule has 1 N–H and O–H groups in total. The number of halogens is 1. The van der Waals surface area contributed by atoms with E-state index in [4.69, 9.17) is 10.5 Å². The minimum absolute atomic E-state index is 0.0932. The van der Waals surface area contributed by atoms with Crippen LogP contribution in [0.25, 0.3) is 0 Å². The van der Waals surface area contributed by atoms with Gasteiger partial charge in [-0.1, -0.05) is 12.1 Å². The maximum absolute atomic E-state index is 13.1. The van der Waals surface area contributed by atoms with E-state index in [0.29, 0.717) is 13.0 Å². The summed E-state index contributed by atoms with van der Waals surface area (Å²) in [6.45, 7) is 1.03. The van der Waals surface area contributed by atoms with Gasteiger partial charge in [0.25, 0.3) is 0 Å². The first kappa shape index (κ1) is 18.9. The van der Waals surface area contributed by atoms with Crippen molar-refractivity contribution in [2.45, 2.75) is 31.4 Å². The number of aliphatic hydroxyl groups excluding tert-OH is 1. The van der Waals surface area contributed by atoms with Crippen molar-refractivity contribution in [1.29, 1.82) is 10.5 Å². The lowest BCUT2D eigenvalue weighted by molar-refractivity contribution is -0.132. The Morgan fingerprint density at radius 2 is 1.84 bits per heavy atom. The molecule has 0 saturated carbocycles.